The summed E-state index contributed by atoms with van der Waals surface area (Å²) in [6.45, 7) is 1.93. The molecule has 2 rings (SSSR count). The highest BCUT2D eigenvalue weighted by molar-refractivity contribution is 9.10. The predicted molar refractivity (Wildman–Crippen MR) is 89.6 cm³/mol. The standard InChI is InChI=1S/C17H18BrNO3/c1-11(12-6-4-7-13(18)10-12)19-17(20)16-14(21-2)8-5-9-15(16)22-3/h4-11H,1-3H3,(H,19,20)/t11-/m1/s1. The lowest BCUT2D eigenvalue weighted by Gasteiger charge is -2.17. The van der Waals surface area contributed by atoms with Gasteiger partial charge in [0.1, 0.15) is 17.1 Å². The lowest BCUT2D eigenvalue weighted by molar-refractivity contribution is 0.0933. The molecule has 0 spiro atoms. The Bertz CT molecular complexity index is 650. The van der Waals surface area contributed by atoms with Crippen LogP contribution in [0.15, 0.2) is 46.9 Å². The van der Waals surface area contributed by atoms with Gasteiger partial charge in [-0.05, 0) is 36.8 Å². The zero-order chi connectivity index (χ0) is 16.1. The van der Waals surface area contributed by atoms with E-state index in [0.717, 1.165) is 10.0 Å². The minimum Gasteiger partial charge on any atom is -0.496 e. The molecule has 5 heteroatoms. The van der Waals surface area contributed by atoms with E-state index in [-0.39, 0.29) is 11.9 Å². The molecule has 0 radical (unpaired) electrons. The Kier molecular flexibility index (Phi) is 5.44. The largest absolute Gasteiger partial charge is 0.496 e. The summed E-state index contributed by atoms with van der Waals surface area (Å²) in [7, 11) is 3.06. The van der Waals surface area contributed by atoms with Gasteiger partial charge in [-0.25, -0.2) is 0 Å². The fourth-order valence-corrected chi connectivity index (χ4v) is 2.62. The number of methoxy groups -OCH3 is 2. The Morgan fingerprint density at radius 3 is 2.23 bits per heavy atom. The van der Waals surface area contributed by atoms with Gasteiger partial charge in [0.05, 0.1) is 20.3 Å². The quantitative estimate of drug-likeness (QED) is 0.874. The lowest BCUT2D eigenvalue weighted by atomic mass is 10.1. The Labute approximate surface area is 138 Å². The van der Waals surface area contributed by atoms with E-state index in [1.165, 1.54) is 14.2 Å². The molecule has 0 saturated heterocycles. The molecule has 1 N–H and O–H groups in total. The number of rotatable bonds is 5. The summed E-state index contributed by atoms with van der Waals surface area (Å²) >= 11 is 3.43. The van der Waals surface area contributed by atoms with Gasteiger partial charge in [0.25, 0.3) is 5.91 Å². The molecule has 0 unspecified atom stereocenters. The van der Waals surface area contributed by atoms with Crippen LogP contribution in [0.25, 0.3) is 0 Å². The van der Waals surface area contributed by atoms with Gasteiger partial charge in [0.2, 0.25) is 0 Å². The molecule has 0 aromatic heterocycles. The number of ether oxygens (including phenoxy) is 2. The second kappa shape index (κ2) is 7.31. The summed E-state index contributed by atoms with van der Waals surface area (Å²) in [4.78, 5) is 12.6. The Morgan fingerprint density at radius 2 is 1.68 bits per heavy atom. The second-order valence-corrected chi connectivity index (χ2v) is 5.70. The Morgan fingerprint density at radius 1 is 1.09 bits per heavy atom. The van der Waals surface area contributed by atoms with Gasteiger partial charge >= 0.3 is 0 Å². The van der Waals surface area contributed by atoms with Crippen molar-refractivity contribution in [3.8, 4) is 11.5 Å². The van der Waals surface area contributed by atoms with E-state index in [4.69, 9.17) is 9.47 Å². The smallest absolute Gasteiger partial charge is 0.259 e. The van der Waals surface area contributed by atoms with Crippen LogP contribution in [0.2, 0.25) is 0 Å². The fourth-order valence-electron chi connectivity index (χ4n) is 2.20. The van der Waals surface area contributed by atoms with Gasteiger partial charge in [-0.15, -0.1) is 0 Å². The van der Waals surface area contributed by atoms with Crippen molar-refractivity contribution in [1.29, 1.82) is 0 Å². The molecule has 0 aliphatic heterocycles. The molecule has 116 valence electrons. The molecule has 1 atom stereocenters. The number of carbonyl (C=O) groups excluding carboxylic acids is 1. The van der Waals surface area contributed by atoms with E-state index in [0.29, 0.717) is 17.1 Å². The van der Waals surface area contributed by atoms with E-state index in [1.54, 1.807) is 18.2 Å². The van der Waals surface area contributed by atoms with Gasteiger partial charge in [-0.3, -0.25) is 4.79 Å². The molecule has 0 aliphatic rings. The predicted octanol–water partition coefficient (Wildman–Crippen LogP) is 3.96. The molecule has 2 aromatic rings. The third kappa shape index (κ3) is 3.60. The molecule has 1 amide bonds. The zero-order valence-corrected chi connectivity index (χ0v) is 14.3. The molecule has 22 heavy (non-hydrogen) atoms. The molecule has 4 nitrogen and oxygen atoms in total. The molecule has 0 saturated carbocycles. The highest BCUT2D eigenvalue weighted by Gasteiger charge is 2.20. The highest BCUT2D eigenvalue weighted by Crippen LogP contribution is 2.29. The van der Waals surface area contributed by atoms with Crippen molar-refractivity contribution in [2.24, 2.45) is 0 Å². The maximum atomic E-state index is 12.6. The number of hydrogen-bond donors (Lipinski definition) is 1. The monoisotopic (exact) mass is 363 g/mol. The molecule has 0 heterocycles. The minimum absolute atomic E-state index is 0.139. The first-order valence-corrected chi connectivity index (χ1v) is 7.63. The number of benzene rings is 2. The van der Waals surface area contributed by atoms with Crippen molar-refractivity contribution in [2.75, 3.05) is 14.2 Å². The normalized spacial score (nSPS) is 11.6. The van der Waals surface area contributed by atoms with Crippen molar-refractivity contribution in [3.63, 3.8) is 0 Å². The van der Waals surface area contributed by atoms with Crippen LogP contribution in [-0.4, -0.2) is 20.1 Å². The number of carbonyl (C=O) groups is 1. The number of halogens is 1. The third-order valence-corrected chi connectivity index (χ3v) is 3.84. The van der Waals surface area contributed by atoms with Crippen LogP contribution in [0.5, 0.6) is 11.5 Å². The topological polar surface area (TPSA) is 47.6 Å². The SMILES string of the molecule is COc1cccc(OC)c1C(=O)N[C@H](C)c1cccc(Br)c1. The molecule has 0 aliphatic carbocycles. The summed E-state index contributed by atoms with van der Waals surface area (Å²) in [5.74, 6) is 0.735. The van der Waals surface area contributed by atoms with Crippen LogP contribution in [0.4, 0.5) is 0 Å². The molecule has 2 aromatic carbocycles. The first-order valence-electron chi connectivity index (χ1n) is 6.84. The van der Waals surface area contributed by atoms with Crippen LogP contribution in [0.3, 0.4) is 0 Å². The van der Waals surface area contributed by atoms with Gasteiger partial charge < -0.3 is 14.8 Å². The number of nitrogens with one attached hydrogen (secondary N) is 1. The minimum atomic E-state index is -0.234. The molecular weight excluding hydrogens is 346 g/mol. The zero-order valence-electron chi connectivity index (χ0n) is 12.7. The van der Waals surface area contributed by atoms with Crippen molar-refractivity contribution >= 4 is 21.8 Å². The van der Waals surface area contributed by atoms with Crippen LogP contribution in [0.1, 0.15) is 28.9 Å². The maximum absolute atomic E-state index is 12.6. The van der Waals surface area contributed by atoms with E-state index < -0.39 is 0 Å². The van der Waals surface area contributed by atoms with Crippen LogP contribution in [-0.2, 0) is 0 Å². The van der Waals surface area contributed by atoms with Crippen LogP contribution in [0, 0.1) is 0 Å². The van der Waals surface area contributed by atoms with Crippen LogP contribution < -0.4 is 14.8 Å². The van der Waals surface area contributed by atoms with Crippen molar-refractivity contribution < 1.29 is 14.3 Å². The lowest BCUT2D eigenvalue weighted by Crippen LogP contribution is -2.27. The van der Waals surface area contributed by atoms with E-state index in [9.17, 15) is 4.79 Å². The highest BCUT2D eigenvalue weighted by atomic mass is 79.9. The Hall–Kier alpha value is -2.01. The van der Waals surface area contributed by atoms with Gasteiger partial charge in [0.15, 0.2) is 0 Å². The molecule has 0 fully saturated rings. The van der Waals surface area contributed by atoms with E-state index in [2.05, 4.69) is 21.2 Å². The fraction of sp³-hybridized carbons (Fsp3) is 0.235. The summed E-state index contributed by atoms with van der Waals surface area (Å²) in [5.41, 5.74) is 1.41. The van der Waals surface area contributed by atoms with Gasteiger partial charge in [-0.1, -0.05) is 34.1 Å². The second-order valence-electron chi connectivity index (χ2n) is 4.79. The maximum Gasteiger partial charge on any atom is 0.259 e. The third-order valence-electron chi connectivity index (χ3n) is 3.35. The number of hydrogen-bond acceptors (Lipinski definition) is 3. The van der Waals surface area contributed by atoms with Gasteiger partial charge in [-0.2, -0.15) is 0 Å². The summed E-state index contributed by atoms with van der Waals surface area (Å²) in [6.07, 6.45) is 0. The van der Waals surface area contributed by atoms with E-state index in [1.807, 2.05) is 31.2 Å². The molecular formula is C17H18BrNO3. The summed E-state index contributed by atoms with van der Waals surface area (Å²) in [5, 5.41) is 2.97. The van der Waals surface area contributed by atoms with Crippen molar-refractivity contribution in [1.82, 2.24) is 5.32 Å². The number of amides is 1. The summed E-state index contributed by atoms with van der Waals surface area (Å²) in [6, 6.07) is 12.9. The van der Waals surface area contributed by atoms with Crippen molar-refractivity contribution in [2.45, 2.75) is 13.0 Å². The van der Waals surface area contributed by atoms with Gasteiger partial charge in [0, 0.05) is 4.47 Å². The van der Waals surface area contributed by atoms with Crippen LogP contribution >= 0.6 is 15.9 Å². The first-order chi connectivity index (χ1) is 10.6. The average Bonchev–Trinajstić information content (AvgIpc) is 2.53. The molecule has 0 bridgehead atoms. The van der Waals surface area contributed by atoms with E-state index >= 15 is 0 Å². The van der Waals surface area contributed by atoms with Crippen molar-refractivity contribution in [3.05, 3.63) is 58.1 Å². The first kappa shape index (κ1) is 16.4. The summed E-state index contributed by atoms with van der Waals surface area (Å²) < 4.78 is 11.5. The average molecular weight is 364 g/mol. The Balaban J connectivity index is 2.26.